The van der Waals surface area contributed by atoms with Crippen LogP contribution < -0.4 is 5.32 Å². The molecule has 4 nitrogen and oxygen atoms in total. The lowest BCUT2D eigenvalue weighted by Gasteiger charge is -2.32. The number of hydrogen-bond donors (Lipinski definition) is 1. The lowest BCUT2D eigenvalue weighted by Crippen LogP contribution is -2.41. The van der Waals surface area contributed by atoms with Gasteiger partial charge in [-0.2, -0.15) is 4.39 Å². The maximum Gasteiger partial charge on any atom is 0.304 e. The lowest BCUT2D eigenvalue weighted by atomic mass is 9.83. The fourth-order valence-electron chi connectivity index (χ4n) is 2.32. The summed E-state index contributed by atoms with van der Waals surface area (Å²) in [5.41, 5.74) is 0.454. The van der Waals surface area contributed by atoms with Gasteiger partial charge < -0.3 is 5.32 Å². The highest BCUT2D eigenvalue weighted by Gasteiger charge is 2.23. The van der Waals surface area contributed by atoms with Crippen molar-refractivity contribution in [3.05, 3.63) is 39.7 Å². The molecule has 0 saturated carbocycles. The minimum atomic E-state index is -0.758. The predicted octanol–water partition coefficient (Wildman–Crippen LogP) is 4.08. The van der Waals surface area contributed by atoms with Crippen LogP contribution in [0.25, 0.3) is 0 Å². The van der Waals surface area contributed by atoms with E-state index in [-0.39, 0.29) is 5.41 Å². The van der Waals surface area contributed by atoms with Gasteiger partial charge in [0.2, 0.25) is 5.82 Å². The van der Waals surface area contributed by atoms with Gasteiger partial charge in [-0.25, -0.2) is 0 Å². The summed E-state index contributed by atoms with van der Waals surface area (Å²) < 4.78 is 13.6. The Morgan fingerprint density at radius 1 is 1.38 bits per heavy atom. The highest BCUT2D eigenvalue weighted by Crippen LogP contribution is 2.24. The maximum absolute atomic E-state index is 13.6. The molecule has 0 radical (unpaired) electrons. The van der Waals surface area contributed by atoms with Crippen molar-refractivity contribution >= 4 is 5.69 Å². The van der Waals surface area contributed by atoms with Gasteiger partial charge in [0.25, 0.3) is 0 Å². The molecular formula is C16H25FN2O2. The Bertz CT molecular complexity index is 484. The molecule has 0 amide bonds. The number of nitrogens with one attached hydrogen (secondary N) is 1. The van der Waals surface area contributed by atoms with E-state index in [9.17, 15) is 14.5 Å². The van der Waals surface area contributed by atoms with Crippen LogP contribution in [0.15, 0.2) is 18.2 Å². The van der Waals surface area contributed by atoms with E-state index in [4.69, 9.17) is 0 Å². The molecule has 0 bridgehead atoms. The van der Waals surface area contributed by atoms with Gasteiger partial charge in [-0.3, -0.25) is 10.1 Å². The van der Waals surface area contributed by atoms with E-state index in [1.807, 2.05) is 0 Å². The standard InChI is InChI=1S/C16H25FN2O2/c1-5-10-18-15(16(2,3)4)9-7-12-6-8-14(19(20)21)13(17)11-12/h6,8,11,15,18H,5,7,9-10H2,1-4H3. The van der Waals surface area contributed by atoms with Gasteiger partial charge in [-0.15, -0.1) is 0 Å². The molecule has 0 aliphatic carbocycles. The Hall–Kier alpha value is -1.49. The fourth-order valence-corrected chi connectivity index (χ4v) is 2.32. The molecule has 5 heteroatoms. The molecule has 0 aliphatic rings. The second-order valence-corrected chi connectivity index (χ2v) is 6.45. The number of nitro groups is 1. The highest BCUT2D eigenvalue weighted by atomic mass is 19.1. The SMILES string of the molecule is CCCNC(CCc1ccc([N+](=O)[O-])c(F)c1)C(C)(C)C. The molecule has 0 heterocycles. The summed E-state index contributed by atoms with van der Waals surface area (Å²) in [4.78, 5) is 9.91. The molecule has 0 aliphatic heterocycles. The molecule has 0 aromatic heterocycles. The van der Waals surface area contributed by atoms with Gasteiger partial charge >= 0.3 is 5.69 Å². The summed E-state index contributed by atoms with van der Waals surface area (Å²) >= 11 is 0. The summed E-state index contributed by atoms with van der Waals surface area (Å²) in [7, 11) is 0. The molecule has 1 rings (SSSR count). The van der Waals surface area contributed by atoms with Gasteiger partial charge in [0, 0.05) is 12.1 Å². The van der Waals surface area contributed by atoms with Gasteiger partial charge in [-0.05, 0) is 42.9 Å². The van der Waals surface area contributed by atoms with Gasteiger partial charge in [0.1, 0.15) is 0 Å². The average molecular weight is 296 g/mol. The number of aryl methyl sites for hydroxylation is 1. The summed E-state index contributed by atoms with van der Waals surface area (Å²) in [5, 5.41) is 14.1. The van der Waals surface area contributed by atoms with Crippen LogP contribution >= 0.6 is 0 Å². The molecule has 0 spiro atoms. The molecule has 0 fully saturated rings. The van der Waals surface area contributed by atoms with E-state index < -0.39 is 16.4 Å². The zero-order chi connectivity index (χ0) is 16.0. The Labute approximate surface area is 125 Å². The Balaban J connectivity index is 2.72. The third-order valence-electron chi connectivity index (χ3n) is 3.62. The van der Waals surface area contributed by atoms with E-state index in [1.165, 1.54) is 12.1 Å². The predicted molar refractivity (Wildman–Crippen MR) is 82.9 cm³/mol. The first-order chi connectivity index (χ1) is 9.75. The topological polar surface area (TPSA) is 55.2 Å². The second-order valence-electron chi connectivity index (χ2n) is 6.45. The van der Waals surface area contributed by atoms with Gasteiger partial charge in [-0.1, -0.05) is 33.8 Å². The van der Waals surface area contributed by atoms with Crippen LogP contribution in [0.4, 0.5) is 10.1 Å². The van der Waals surface area contributed by atoms with E-state index in [0.717, 1.165) is 24.9 Å². The third-order valence-corrected chi connectivity index (χ3v) is 3.62. The molecule has 1 aromatic rings. The highest BCUT2D eigenvalue weighted by molar-refractivity contribution is 5.35. The molecule has 21 heavy (non-hydrogen) atoms. The lowest BCUT2D eigenvalue weighted by molar-refractivity contribution is -0.387. The average Bonchev–Trinajstić information content (AvgIpc) is 2.36. The fraction of sp³-hybridized carbons (Fsp3) is 0.625. The van der Waals surface area contributed by atoms with Crippen LogP contribution in [-0.2, 0) is 6.42 Å². The van der Waals surface area contributed by atoms with Crippen molar-refractivity contribution in [2.24, 2.45) is 5.41 Å². The van der Waals surface area contributed by atoms with Crippen LogP contribution in [0, 0.1) is 21.3 Å². The van der Waals surface area contributed by atoms with Crippen LogP contribution in [0.2, 0.25) is 0 Å². The molecule has 0 saturated heterocycles. The van der Waals surface area contributed by atoms with Gasteiger partial charge in [0.15, 0.2) is 0 Å². The van der Waals surface area contributed by atoms with E-state index in [1.54, 1.807) is 6.07 Å². The molecule has 1 unspecified atom stereocenters. The van der Waals surface area contributed by atoms with Crippen LogP contribution in [0.1, 0.15) is 46.1 Å². The van der Waals surface area contributed by atoms with Gasteiger partial charge in [0.05, 0.1) is 4.92 Å². The number of rotatable bonds is 7. The normalized spacial score (nSPS) is 13.2. The van der Waals surface area contributed by atoms with E-state index >= 15 is 0 Å². The number of hydrogen-bond acceptors (Lipinski definition) is 3. The van der Waals surface area contributed by atoms with Crippen molar-refractivity contribution in [3.63, 3.8) is 0 Å². The smallest absolute Gasteiger partial charge is 0.304 e. The first kappa shape index (κ1) is 17.6. The van der Waals surface area contributed by atoms with Crippen molar-refractivity contribution < 1.29 is 9.31 Å². The molecule has 118 valence electrons. The number of halogens is 1. The largest absolute Gasteiger partial charge is 0.313 e. The molecular weight excluding hydrogens is 271 g/mol. The third kappa shape index (κ3) is 5.42. The number of nitro benzene ring substituents is 1. The van der Waals surface area contributed by atoms with Crippen molar-refractivity contribution in [1.82, 2.24) is 5.32 Å². The first-order valence-electron chi connectivity index (χ1n) is 7.42. The number of nitrogens with zero attached hydrogens (tertiary/aromatic N) is 1. The minimum Gasteiger partial charge on any atom is -0.313 e. The zero-order valence-electron chi connectivity index (χ0n) is 13.3. The summed E-state index contributed by atoms with van der Waals surface area (Å²) in [6.45, 7) is 9.61. The van der Waals surface area contributed by atoms with Crippen LogP contribution in [-0.4, -0.2) is 17.5 Å². The number of benzene rings is 1. The minimum absolute atomic E-state index is 0.120. The quantitative estimate of drug-likeness (QED) is 0.609. The van der Waals surface area contributed by atoms with Crippen molar-refractivity contribution in [2.75, 3.05) is 6.54 Å². The maximum atomic E-state index is 13.6. The summed E-state index contributed by atoms with van der Waals surface area (Å²) in [6.07, 6.45) is 2.65. The van der Waals surface area contributed by atoms with E-state index in [2.05, 4.69) is 33.0 Å². The molecule has 1 aromatic carbocycles. The summed E-state index contributed by atoms with van der Waals surface area (Å²) in [5.74, 6) is -0.758. The Morgan fingerprint density at radius 3 is 2.52 bits per heavy atom. The van der Waals surface area contributed by atoms with E-state index in [0.29, 0.717) is 12.5 Å². The van der Waals surface area contributed by atoms with Crippen LogP contribution in [0.3, 0.4) is 0 Å². The molecule has 1 N–H and O–H groups in total. The summed E-state index contributed by atoms with van der Waals surface area (Å²) in [6, 6.07) is 4.49. The zero-order valence-corrected chi connectivity index (χ0v) is 13.3. The van der Waals surface area contributed by atoms with Crippen LogP contribution in [0.5, 0.6) is 0 Å². The monoisotopic (exact) mass is 296 g/mol. The first-order valence-corrected chi connectivity index (χ1v) is 7.42. The Morgan fingerprint density at radius 2 is 2.05 bits per heavy atom. The van der Waals surface area contributed by atoms with Crippen molar-refractivity contribution in [3.8, 4) is 0 Å². The Kier molecular flexibility index (Phi) is 6.27. The van der Waals surface area contributed by atoms with Crippen molar-refractivity contribution in [1.29, 1.82) is 0 Å². The van der Waals surface area contributed by atoms with Crippen molar-refractivity contribution in [2.45, 2.75) is 53.0 Å². The molecule has 1 atom stereocenters. The second kappa shape index (κ2) is 7.50.